The molecule has 0 heterocycles. The highest BCUT2D eigenvalue weighted by Gasteiger charge is 2.21. The third kappa shape index (κ3) is 3.72. The van der Waals surface area contributed by atoms with E-state index in [0.29, 0.717) is 6.54 Å². The molecule has 1 atom stereocenters. The summed E-state index contributed by atoms with van der Waals surface area (Å²) in [4.78, 5) is 0. The first kappa shape index (κ1) is 12.4. The van der Waals surface area contributed by atoms with Gasteiger partial charge in [0.05, 0.1) is 13.2 Å². The van der Waals surface area contributed by atoms with Crippen LogP contribution in [0.4, 0.5) is 0 Å². The second kappa shape index (κ2) is 6.03. The fraction of sp³-hybridized carbons (Fsp3) is 0.571. The van der Waals surface area contributed by atoms with Crippen molar-refractivity contribution in [2.75, 3.05) is 20.3 Å². The van der Waals surface area contributed by atoms with Crippen LogP contribution in [-0.4, -0.2) is 20.3 Å². The summed E-state index contributed by atoms with van der Waals surface area (Å²) in [5.74, 6) is 1.77. The van der Waals surface area contributed by atoms with Gasteiger partial charge in [0.25, 0.3) is 0 Å². The summed E-state index contributed by atoms with van der Waals surface area (Å²) in [6, 6.07) is 7.94. The van der Waals surface area contributed by atoms with E-state index in [9.17, 15) is 0 Å². The molecule has 1 aromatic carbocycles. The fourth-order valence-electron chi connectivity index (χ4n) is 1.90. The van der Waals surface area contributed by atoms with Crippen molar-refractivity contribution in [3.63, 3.8) is 0 Å². The summed E-state index contributed by atoms with van der Waals surface area (Å²) in [5, 5.41) is 0. The Morgan fingerprint density at radius 3 is 2.53 bits per heavy atom. The molecular weight excluding hydrogens is 214 g/mol. The summed E-state index contributed by atoms with van der Waals surface area (Å²) in [5.41, 5.74) is 6.88. The zero-order chi connectivity index (χ0) is 12.1. The zero-order valence-corrected chi connectivity index (χ0v) is 10.4. The minimum absolute atomic E-state index is 0.0136. The van der Waals surface area contributed by atoms with Gasteiger partial charge in [0, 0.05) is 13.2 Å². The lowest BCUT2D eigenvalue weighted by Crippen LogP contribution is -2.16. The van der Waals surface area contributed by atoms with Crippen molar-refractivity contribution in [1.82, 2.24) is 0 Å². The first-order chi connectivity index (χ1) is 8.33. The summed E-state index contributed by atoms with van der Waals surface area (Å²) >= 11 is 0. The topological polar surface area (TPSA) is 44.5 Å². The van der Waals surface area contributed by atoms with Crippen LogP contribution >= 0.6 is 0 Å². The summed E-state index contributed by atoms with van der Waals surface area (Å²) in [6.07, 6.45) is 3.94. The molecule has 3 nitrogen and oxygen atoms in total. The molecular formula is C14H21NO2. The Morgan fingerprint density at radius 2 is 2.00 bits per heavy atom. The molecule has 17 heavy (non-hydrogen) atoms. The van der Waals surface area contributed by atoms with E-state index < -0.39 is 0 Å². The van der Waals surface area contributed by atoms with Crippen molar-refractivity contribution in [2.24, 2.45) is 11.7 Å². The van der Waals surface area contributed by atoms with Gasteiger partial charge < -0.3 is 15.2 Å². The van der Waals surface area contributed by atoms with Crippen molar-refractivity contribution in [2.45, 2.75) is 25.4 Å². The maximum atomic E-state index is 5.84. The average molecular weight is 235 g/mol. The molecule has 1 fully saturated rings. The fourth-order valence-corrected chi connectivity index (χ4v) is 1.90. The highest BCUT2D eigenvalue weighted by Crippen LogP contribution is 2.32. The van der Waals surface area contributed by atoms with Gasteiger partial charge in [-0.2, -0.15) is 0 Å². The Hall–Kier alpha value is -1.06. The van der Waals surface area contributed by atoms with E-state index in [0.717, 1.165) is 23.8 Å². The van der Waals surface area contributed by atoms with Crippen LogP contribution in [0.15, 0.2) is 24.3 Å². The number of nitrogens with two attached hydrogens (primary N) is 1. The molecule has 1 aliphatic carbocycles. The lowest BCUT2D eigenvalue weighted by Gasteiger charge is -2.16. The molecule has 0 saturated heterocycles. The molecule has 94 valence electrons. The molecule has 0 aromatic heterocycles. The average Bonchev–Trinajstić information content (AvgIpc) is 3.19. The van der Waals surface area contributed by atoms with E-state index in [1.165, 1.54) is 19.3 Å². The monoisotopic (exact) mass is 235 g/mol. The lowest BCUT2D eigenvalue weighted by atomic mass is 10.1. The molecule has 0 amide bonds. The SMILES string of the molecule is COc1ccc(C(CN)OCCC2CC2)cc1. The predicted molar refractivity (Wildman–Crippen MR) is 68.1 cm³/mol. The van der Waals surface area contributed by atoms with Gasteiger partial charge in [0.1, 0.15) is 5.75 Å². The summed E-state index contributed by atoms with van der Waals surface area (Å²) < 4.78 is 11.0. The first-order valence-electron chi connectivity index (χ1n) is 6.29. The first-order valence-corrected chi connectivity index (χ1v) is 6.29. The van der Waals surface area contributed by atoms with Crippen LogP contribution in [0.2, 0.25) is 0 Å². The van der Waals surface area contributed by atoms with Crippen LogP contribution in [0.1, 0.15) is 30.9 Å². The van der Waals surface area contributed by atoms with Crippen molar-refractivity contribution in [1.29, 1.82) is 0 Å². The van der Waals surface area contributed by atoms with Gasteiger partial charge in [-0.25, -0.2) is 0 Å². The van der Waals surface area contributed by atoms with Crippen LogP contribution in [0.5, 0.6) is 5.75 Å². The molecule has 2 rings (SSSR count). The third-order valence-corrected chi connectivity index (χ3v) is 3.24. The maximum absolute atomic E-state index is 5.84. The molecule has 1 aromatic rings. The molecule has 0 spiro atoms. The quantitative estimate of drug-likeness (QED) is 0.789. The zero-order valence-electron chi connectivity index (χ0n) is 10.4. The highest BCUT2D eigenvalue weighted by atomic mass is 16.5. The van der Waals surface area contributed by atoms with Crippen molar-refractivity contribution >= 4 is 0 Å². The Kier molecular flexibility index (Phi) is 4.40. The van der Waals surface area contributed by atoms with E-state index in [1.807, 2.05) is 24.3 Å². The second-order valence-corrected chi connectivity index (χ2v) is 4.60. The molecule has 3 heteroatoms. The van der Waals surface area contributed by atoms with Gasteiger partial charge in [-0.15, -0.1) is 0 Å². The van der Waals surface area contributed by atoms with Gasteiger partial charge in [-0.3, -0.25) is 0 Å². The van der Waals surface area contributed by atoms with E-state index in [-0.39, 0.29) is 6.10 Å². The molecule has 0 bridgehead atoms. The minimum Gasteiger partial charge on any atom is -0.497 e. The van der Waals surface area contributed by atoms with Crippen LogP contribution in [0, 0.1) is 5.92 Å². The number of ether oxygens (including phenoxy) is 2. The van der Waals surface area contributed by atoms with Crippen molar-refractivity contribution in [3.8, 4) is 5.75 Å². The number of hydrogen-bond acceptors (Lipinski definition) is 3. The van der Waals surface area contributed by atoms with Crippen molar-refractivity contribution in [3.05, 3.63) is 29.8 Å². The predicted octanol–water partition coefficient (Wildman–Crippen LogP) is 2.51. The highest BCUT2D eigenvalue weighted by molar-refractivity contribution is 5.28. The maximum Gasteiger partial charge on any atom is 0.118 e. The Labute approximate surface area is 103 Å². The van der Waals surface area contributed by atoms with E-state index in [4.69, 9.17) is 15.2 Å². The number of hydrogen-bond donors (Lipinski definition) is 1. The molecule has 1 saturated carbocycles. The Morgan fingerprint density at radius 1 is 1.29 bits per heavy atom. The van der Waals surface area contributed by atoms with Crippen LogP contribution in [0.3, 0.4) is 0 Å². The normalized spacial score (nSPS) is 16.8. The molecule has 1 unspecified atom stereocenters. The van der Waals surface area contributed by atoms with Crippen molar-refractivity contribution < 1.29 is 9.47 Å². The Bertz CT molecular complexity index is 333. The van der Waals surface area contributed by atoms with E-state index in [1.54, 1.807) is 7.11 Å². The van der Waals surface area contributed by atoms with E-state index in [2.05, 4.69) is 0 Å². The smallest absolute Gasteiger partial charge is 0.118 e. The standard InChI is InChI=1S/C14H21NO2/c1-16-13-6-4-12(5-7-13)14(10-15)17-9-8-11-2-3-11/h4-7,11,14H,2-3,8-10,15H2,1H3. The number of rotatable bonds is 7. The largest absolute Gasteiger partial charge is 0.497 e. The molecule has 0 radical (unpaired) electrons. The lowest BCUT2D eigenvalue weighted by molar-refractivity contribution is 0.0545. The van der Waals surface area contributed by atoms with Gasteiger partial charge in [-0.1, -0.05) is 25.0 Å². The summed E-state index contributed by atoms with van der Waals surface area (Å²) in [7, 11) is 1.67. The van der Waals surface area contributed by atoms with Gasteiger partial charge in [0.2, 0.25) is 0 Å². The minimum atomic E-state index is 0.0136. The van der Waals surface area contributed by atoms with Gasteiger partial charge >= 0.3 is 0 Å². The number of benzene rings is 1. The molecule has 0 aliphatic heterocycles. The van der Waals surface area contributed by atoms with Gasteiger partial charge in [-0.05, 0) is 30.0 Å². The van der Waals surface area contributed by atoms with E-state index >= 15 is 0 Å². The molecule has 1 aliphatic rings. The second-order valence-electron chi connectivity index (χ2n) is 4.60. The summed E-state index contributed by atoms with van der Waals surface area (Å²) in [6.45, 7) is 1.34. The van der Waals surface area contributed by atoms with Crippen LogP contribution < -0.4 is 10.5 Å². The third-order valence-electron chi connectivity index (χ3n) is 3.24. The Balaban J connectivity index is 1.85. The number of methoxy groups -OCH3 is 1. The van der Waals surface area contributed by atoms with Crippen LogP contribution in [0.25, 0.3) is 0 Å². The van der Waals surface area contributed by atoms with Crippen LogP contribution in [-0.2, 0) is 4.74 Å². The molecule has 2 N–H and O–H groups in total. The van der Waals surface area contributed by atoms with Gasteiger partial charge in [0.15, 0.2) is 0 Å².